The molecule has 1 atom stereocenters. The Hall–Kier alpha value is -2.93. The first-order valence-electron chi connectivity index (χ1n) is 10.1. The first kappa shape index (κ1) is 20.8. The predicted octanol–water partition coefficient (Wildman–Crippen LogP) is 3.87. The van der Waals surface area contributed by atoms with E-state index in [0.717, 1.165) is 44.0 Å². The van der Waals surface area contributed by atoms with Crippen molar-refractivity contribution >= 4 is 23.0 Å². The van der Waals surface area contributed by atoms with Crippen LogP contribution in [0.1, 0.15) is 31.7 Å². The van der Waals surface area contributed by atoms with Gasteiger partial charge < -0.3 is 10.2 Å². The number of nitro groups is 1. The van der Waals surface area contributed by atoms with Gasteiger partial charge in [0.2, 0.25) is 5.91 Å². The Morgan fingerprint density at radius 1 is 1.07 bits per heavy atom. The maximum atomic E-state index is 12.4. The molecule has 0 unspecified atom stereocenters. The molecular formula is C22H28N4O3. The molecule has 0 bridgehead atoms. The third-order valence-electron chi connectivity index (χ3n) is 5.54. The van der Waals surface area contributed by atoms with Crippen LogP contribution in [0.15, 0.2) is 48.5 Å². The van der Waals surface area contributed by atoms with Gasteiger partial charge in [-0.2, -0.15) is 0 Å². The van der Waals surface area contributed by atoms with Crippen molar-refractivity contribution < 1.29 is 9.72 Å². The van der Waals surface area contributed by atoms with Crippen molar-refractivity contribution in [3.63, 3.8) is 0 Å². The second-order valence-corrected chi connectivity index (χ2v) is 7.52. The van der Waals surface area contributed by atoms with Crippen molar-refractivity contribution in [3.8, 4) is 0 Å². The Kier molecular flexibility index (Phi) is 6.82. The molecule has 0 saturated carbocycles. The molecule has 3 rings (SSSR count). The number of hydrogen-bond donors (Lipinski definition) is 1. The van der Waals surface area contributed by atoms with Crippen LogP contribution in [0.3, 0.4) is 0 Å². The number of hydrogen-bond acceptors (Lipinski definition) is 5. The second kappa shape index (κ2) is 9.52. The van der Waals surface area contributed by atoms with Gasteiger partial charge >= 0.3 is 0 Å². The smallest absolute Gasteiger partial charge is 0.269 e. The SMILES string of the molecule is CC[C@@H](C)c1ccc(NC(=O)CN2CCN(c3ccc([N+](=O)[O-])cc3)CC2)cc1. The van der Waals surface area contributed by atoms with Gasteiger partial charge in [-0.15, -0.1) is 0 Å². The molecule has 2 aromatic carbocycles. The number of non-ortho nitro benzene ring substituents is 1. The number of anilines is 2. The van der Waals surface area contributed by atoms with Crippen molar-refractivity contribution in [2.45, 2.75) is 26.2 Å². The first-order valence-corrected chi connectivity index (χ1v) is 10.1. The Bertz CT molecular complexity index is 828. The maximum absolute atomic E-state index is 12.4. The average molecular weight is 396 g/mol. The van der Waals surface area contributed by atoms with Crippen molar-refractivity contribution in [2.24, 2.45) is 0 Å². The summed E-state index contributed by atoms with van der Waals surface area (Å²) in [5.74, 6) is 0.511. The van der Waals surface area contributed by atoms with Crippen LogP contribution >= 0.6 is 0 Å². The number of amides is 1. The fraction of sp³-hybridized carbons (Fsp3) is 0.409. The molecule has 7 nitrogen and oxygen atoms in total. The monoisotopic (exact) mass is 396 g/mol. The summed E-state index contributed by atoms with van der Waals surface area (Å²) in [5.41, 5.74) is 3.18. The Balaban J connectivity index is 1.46. The summed E-state index contributed by atoms with van der Waals surface area (Å²) in [6, 6.07) is 14.7. The lowest BCUT2D eigenvalue weighted by Gasteiger charge is -2.35. The molecule has 1 heterocycles. The minimum absolute atomic E-state index is 0.00919. The minimum atomic E-state index is -0.391. The van der Waals surface area contributed by atoms with E-state index >= 15 is 0 Å². The third kappa shape index (κ3) is 5.54. The van der Waals surface area contributed by atoms with Crippen LogP contribution in [-0.4, -0.2) is 48.5 Å². The molecular weight excluding hydrogens is 368 g/mol. The Labute approximate surface area is 171 Å². The number of carbonyl (C=O) groups excluding carboxylic acids is 1. The van der Waals surface area contributed by atoms with Gasteiger partial charge in [-0.1, -0.05) is 26.0 Å². The molecule has 1 N–H and O–H groups in total. The molecule has 154 valence electrons. The molecule has 1 aliphatic heterocycles. The highest BCUT2D eigenvalue weighted by molar-refractivity contribution is 5.92. The average Bonchev–Trinajstić information content (AvgIpc) is 2.74. The summed E-state index contributed by atoms with van der Waals surface area (Å²) < 4.78 is 0. The first-order chi connectivity index (χ1) is 14.0. The zero-order valence-corrected chi connectivity index (χ0v) is 17.0. The summed E-state index contributed by atoms with van der Waals surface area (Å²) in [6.07, 6.45) is 1.09. The summed E-state index contributed by atoms with van der Waals surface area (Å²) in [7, 11) is 0. The van der Waals surface area contributed by atoms with Gasteiger partial charge in [0.15, 0.2) is 0 Å². The van der Waals surface area contributed by atoms with E-state index in [1.54, 1.807) is 12.1 Å². The number of piperazine rings is 1. The highest BCUT2D eigenvalue weighted by Gasteiger charge is 2.20. The number of benzene rings is 2. The zero-order chi connectivity index (χ0) is 20.8. The zero-order valence-electron chi connectivity index (χ0n) is 17.0. The Morgan fingerprint density at radius 2 is 1.69 bits per heavy atom. The fourth-order valence-electron chi connectivity index (χ4n) is 3.48. The lowest BCUT2D eigenvalue weighted by atomic mass is 9.99. The van der Waals surface area contributed by atoms with Gasteiger partial charge in [-0.05, 0) is 42.2 Å². The van der Waals surface area contributed by atoms with Crippen LogP contribution in [0, 0.1) is 10.1 Å². The van der Waals surface area contributed by atoms with Gasteiger partial charge in [-0.3, -0.25) is 19.8 Å². The summed E-state index contributed by atoms with van der Waals surface area (Å²) in [4.78, 5) is 27.1. The van der Waals surface area contributed by atoms with Crippen LogP contribution in [0.2, 0.25) is 0 Å². The maximum Gasteiger partial charge on any atom is 0.269 e. The van der Waals surface area contributed by atoms with Crippen LogP contribution in [0.4, 0.5) is 17.1 Å². The quantitative estimate of drug-likeness (QED) is 0.568. The van der Waals surface area contributed by atoms with Crippen molar-refractivity contribution in [1.29, 1.82) is 0 Å². The minimum Gasteiger partial charge on any atom is -0.369 e. The highest BCUT2D eigenvalue weighted by atomic mass is 16.6. The normalized spacial score (nSPS) is 15.7. The molecule has 1 amide bonds. The van der Waals surface area contributed by atoms with E-state index in [-0.39, 0.29) is 11.6 Å². The lowest BCUT2D eigenvalue weighted by molar-refractivity contribution is -0.384. The molecule has 1 saturated heterocycles. The van der Waals surface area contributed by atoms with Crippen molar-refractivity contribution in [2.75, 3.05) is 42.9 Å². The Morgan fingerprint density at radius 3 is 2.24 bits per heavy atom. The van der Waals surface area contributed by atoms with E-state index in [4.69, 9.17) is 0 Å². The predicted molar refractivity (Wildman–Crippen MR) is 116 cm³/mol. The van der Waals surface area contributed by atoms with Crippen LogP contribution in [0.25, 0.3) is 0 Å². The van der Waals surface area contributed by atoms with E-state index in [9.17, 15) is 14.9 Å². The third-order valence-corrected chi connectivity index (χ3v) is 5.54. The largest absolute Gasteiger partial charge is 0.369 e. The van der Waals surface area contributed by atoms with Crippen LogP contribution in [0.5, 0.6) is 0 Å². The standard InChI is InChI=1S/C22H28N4O3/c1-3-17(2)18-4-6-19(7-5-18)23-22(27)16-24-12-14-25(15-13-24)20-8-10-21(11-9-20)26(28)29/h4-11,17H,3,12-16H2,1-2H3,(H,23,27)/t17-/m1/s1. The molecule has 0 aromatic heterocycles. The molecule has 1 fully saturated rings. The number of carbonyl (C=O) groups is 1. The molecule has 1 aliphatic rings. The summed E-state index contributed by atoms with van der Waals surface area (Å²) in [6.45, 7) is 7.85. The van der Waals surface area contributed by atoms with Crippen LogP contribution in [-0.2, 0) is 4.79 Å². The van der Waals surface area contributed by atoms with Gasteiger partial charge in [0.25, 0.3) is 5.69 Å². The van der Waals surface area contributed by atoms with Crippen molar-refractivity contribution in [3.05, 3.63) is 64.2 Å². The lowest BCUT2D eigenvalue weighted by Crippen LogP contribution is -2.48. The van der Waals surface area contributed by atoms with Gasteiger partial charge in [0, 0.05) is 49.7 Å². The van der Waals surface area contributed by atoms with Crippen LogP contribution < -0.4 is 10.2 Å². The molecule has 0 spiro atoms. The highest BCUT2D eigenvalue weighted by Crippen LogP contribution is 2.22. The van der Waals surface area contributed by atoms with E-state index in [2.05, 4.69) is 41.1 Å². The fourth-order valence-corrected chi connectivity index (χ4v) is 3.48. The van der Waals surface area contributed by atoms with E-state index in [1.165, 1.54) is 17.7 Å². The molecule has 7 heteroatoms. The number of nitrogens with zero attached hydrogens (tertiary/aromatic N) is 3. The van der Waals surface area contributed by atoms with Gasteiger partial charge in [0.1, 0.15) is 0 Å². The summed E-state index contributed by atoms with van der Waals surface area (Å²) >= 11 is 0. The number of nitro benzene ring substituents is 1. The second-order valence-electron chi connectivity index (χ2n) is 7.52. The molecule has 29 heavy (non-hydrogen) atoms. The molecule has 0 radical (unpaired) electrons. The van der Waals surface area contributed by atoms with E-state index in [0.29, 0.717) is 12.5 Å². The summed E-state index contributed by atoms with van der Waals surface area (Å²) in [5, 5.41) is 13.7. The van der Waals surface area contributed by atoms with Gasteiger partial charge in [-0.25, -0.2) is 0 Å². The number of nitrogens with one attached hydrogen (secondary N) is 1. The van der Waals surface area contributed by atoms with Gasteiger partial charge in [0.05, 0.1) is 11.5 Å². The molecule has 2 aromatic rings. The molecule has 0 aliphatic carbocycles. The number of rotatable bonds is 7. The van der Waals surface area contributed by atoms with E-state index < -0.39 is 4.92 Å². The van der Waals surface area contributed by atoms with E-state index in [1.807, 2.05) is 12.1 Å². The topological polar surface area (TPSA) is 78.7 Å². The van der Waals surface area contributed by atoms with Crippen molar-refractivity contribution in [1.82, 2.24) is 4.90 Å².